The Morgan fingerprint density at radius 3 is 2.28 bits per heavy atom. The highest BCUT2D eigenvalue weighted by molar-refractivity contribution is 5.70. The molecule has 0 bridgehead atoms. The molecule has 0 radical (unpaired) electrons. The fourth-order valence-electron chi connectivity index (χ4n) is 4.12. The maximum absolute atomic E-state index is 12.7. The van der Waals surface area contributed by atoms with Gasteiger partial charge in [-0.3, -0.25) is 4.79 Å². The molecule has 10 heteroatoms. The van der Waals surface area contributed by atoms with Gasteiger partial charge in [-0.25, -0.2) is 0 Å². The zero-order chi connectivity index (χ0) is 26.0. The minimum atomic E-state index is -1.05. The van der Waals surface area contributed by atoms with Gasteiger partial charge in [-0.15, -0.1) is 0 Å². The number of carbonyl (C=O) groups excluding carboxylic acids is 1. The van der Waals surface area contributed by atoms with Crippen molar-refractivity contribution in [1.29, 1.82) is 0 Å². The molecule has 0 fully saturated rings. The van der Waals surface area contributed by atoms with Crippen molar-refractivity contribution in [3.8, 4) is 40.2 Å². The number of aliphatic hydroxyl groups excluding tert-OH is 1. The van der Waals surface area contributed by atoms with E-state index < -0.39 is 30.0 Å². The molecule has 0 saturated carbocycles. The number of hydrogen-bond donors (Lipinski definition) is 7. The highest BCUT2D eigenvalue weighted by Gasteiger charge is 2.36. The molecule has 1 aliphatic heterocycles. The Kier molecular flexibility index (Phi) is 6.98. The van der Waals surface area contributed by atoms with E-state index in [2.05, 4.69) is 0 Å². The van der Waals surface area contributed by atoms with E-state index in [1.165, 1.54) is 36.4 Å². The summed E-state index contributed by atoms with van der Waals surface area (Å²) in [6, 6.07) is 10.8. The second-order valence-electron chi connectivity index (χ2n) is 8.68. The smallest absolute Gasteiger partial charge is 0.308 e. The molecular weight excluding hydrogens is 472 g/mol. The number of aliphatic hydroxyl groups is 1. The van der Waals surface area contributed by atoms with Gasteiger partial charge in [0.05, 0.1) is 12.5 Å². The molecule has 0 saturated heterocycles. The predicted molar refractivity (Wildman–Crippen MR) is 125 cm³/mol. The van der Waals surface area contributed by atoms with Crippen molar-refractivity contribution in [3.63, 3.8) is 0 Å². The summed E-state index contributed by atoms with van der Waals surface area (Å²) in [7, 11) is 0. The molecule has 3 atom stereocenters. The van der Waals surface area contributed by atoms with Gasteiger partial charge in [0.25, 0.3) is 0 Å². The summed E-state index contributed by atoms with van der Waals surface area (Å²) in [6.45, 7) is 0. The van der Waals surface area contributed by atoms with Crippen molar-refractivity contribution >= 4 is 5.97 Å². The third kappa shape index (κ3) is 5.49. The number of aryl methyl sites for hydroxylation is 1. The molecule has 0 spiro atoms. The summed E-state index contributed by atoms with van der Waals surface area (Å²) < 4.78 is 11.5. The number of aromatic hydroxyl groups is 6. The monoisotopic (exact) mass is 498 g/mol. The van der Waals surface area contributed by atoms with E-state index in [0.717, 1.165) is 6.07 Å². The maximum Gasteiger partial charge on any atom is 0.308 e. The number of phenolic OH excluding ortho intramolecular Hbond substituents is 6. The Labute approximate surface area is 205 Å². The lowest BCUT2D eigenvalue weighted by Gasteiger charge is -2.34. The van der Waals surface area contributed by atoms with Gasteiger partial charge < -0.3 is 45.2 Å². The van der Waals surface area contributed by atoms with E-state index in [1.54, 1.807) is 6.07 Å². The molecule has 3 aromatic carbocycles. The van der Waals surface area contributed by atoms with Crippen LogP contribution in [0.25, 0.3) is 0 Å². The lowest BCUT2D eigenvalue weighted by molar-refractivity contribution is -0.157. The minimum absolute atomic E-state index is 0.0301. The van der Waals surface area contributed by atoms with Crippen LogP contribution in [0.15, 0.2) is 48.5 Å². The number of phenols is 6. The Balaban J connectivity index is 1.47. The van der Waals surface area contributed by atoms with Crippen LogP contribution in [0.3, 0.4) is 0 Å². The van der Waals surface area contributed by atoms with Crippen LogP contribution in [0.2, 0.25) is 0 Å². The van der Waals surface area contributed by atoms with E-state index in [-0.39, 0.29) is 53.8 Å². The maximum atomic E-state index is 12.7. The lowest BCUT2D eigenvalue weighted by atomic mass is 9.93. The molecule has 0 aromatic heterocycles. The second kappa shape index (κ2) is 10.1. The molecule has 36 heavy (non-hydrogen) atoms. The van der Waals surface area contributed by atoms with Crippen molar-refractivity contribution in [2.75, 3.05) is 0 Å². The Bertz CT molecular complexity index is 1270. The van der Waals surface area contributed by atoms with Crippen LogP contribution >= 0.6 is 0 Å². The average molecular weight is 498 g/mol. The van der Waals surface area contributed by atoms with Crippen molar-refractivity contribution in [2.24, 2.45) is 0 Å². The van der Waals surface area contributed by atoms with E-state index in [1.807, 2.05) is 0 Å². The van der Waals surface area contributed by atoms with E-state index >= 15 is 0 Å². The van der Waals surface area contributed by atoms with E-state index in [0.29, 0.717) is 23.1 Å². The summed E-state index contributed by atoms with van der Waals surface area (Å²) in [4.78, 5) is 12.7. The Morgan fingerprint density at radius 1 is 0.889 bits per heavy atom. The number of hydrogen-bond acceptors (Lipinski definition) is 10. The fraction of sp³-hybridized carbons (Fsp3) is 0.269. The standard InChI is InChI=1S/C26H26O10/c27-15(4-1-13-2-5-18(29)21(32)7-13)11-25(34)35-24-12-17-20(31)9-16(28)10-23(17)36-26(24)14-3-6-19(30)22(33)8-14/h2-3,5-10,15,24,26-33H,1,4,11-12H2/t15-,24+,26+/m0/s1. The fourth-order valence-corrected chi connectivity index (χ4v) is 4.12. The van der Waals surface area contributed by atoms with Gasteiger partial charge in [-0.05, 0) is 42.7 Å². The first kappa shape index (κ1) is 24.8. The summed E-state index contributed by atoms with van der Waals surface area (Å²) in [6.07, 6.45) is -2.71. The van der Waals surface area contributed by atoms with Gasteiger partial charge in [0.2, 0.25) is 0 Å². The first-order chi connectivity index (χ1) is 17.1. The van der Waals surface area contributed by atoms with Crippen LogP contribution in [0.5, 0.6) is 40.2 Å². The molecule has 1 heterocycles. The van der Waals surface area contributed by atoms with Crippen molar-refractivity contribution in [3.05, 3.63) is 65.2 Å². The third-order valence-electron chi connectivity index (χ3n) is 5.99. The van der Waals surface area contributed by atoms with Crippen LogP contribution in [-0.2, 0) is 22.4 Å². The number of fused-ring (bicyclic) bond motifs is 1. The second-order valence-corrected chi connectivity index (χ2v) is 8.68. The van der Waals surface area contributed by atoms with E-state index in [4.69, 9.17) is 9.47 Å². The van der Waals surface area contributed by atoms with Crippen LogP contribution in [0, 0.1) is 0 Å². The molecule has 0 amide bonds. The van der Waals surface area contributed by atoms with Gasteiger partial charge in [0.15, 0.2) is 29.1 Å². The predicted octanol–water partition coefficient (Wildman–Crippen LogP) is 2.89. The summed E-state index contributed by atoms with van der Waals surface area (Å²) in [5, 5.41) is 69.0. The van der Waals surface area contributed by atoms with Crippen LogP contribution in [0.1, 0.15) is 35.6 Å². The van der Waals surface area contributed by atoms with Crippen molar-refractivity contribution in [2.45, 2.75) is 44.0 Å². The molecular formula is C26H26O10. The van der Waals surface area contributed by atoms with Gasteiger partial charge in [0, 0.05) is 29.7 Å². The van der Waals surface area contributed by atoms with Gasteiger partial charge >= 0.3 is 5.97 Å². The van der Waals surface area contributed by atoms with E-state index in [9.17, 15) is 40.5 Å². The number of rotatable bonds is 7. The SMILES string of the molecule is O=C(C[C@@H](O)CCc1ccc(O)c(O)c1)O[C@@H]1Cc2c(O)cc(O)cc2O[C@@H]1c1ccc(O)c(O)c1. The van der Waals surface area contributed by atoms with Gasteiger partial charge in [-0.2, -0.15) is 0 Å². The van der Waals surface area contributed by atoms with Crippen molar-refractivity contribution < 1.29 is 50.0 Å². The molecule has 4 rings (SSSR count). The highest BCUT2D eigenvalue weighted by atomic mass is 16.6. The highest BCUT2D eigenvalue weighted by Crippen LogP contribution is 2.44. The number of carbonyl (C=O) groups is 1. The molecule has 0 aliphatic carbocycles. The zero-order valence-electron chi connectivity index (χ0n) is 19.0. The Hall–Kier alpha value is -4.31. The molecule has 3 aromatic rings. The molecule has 1 aliphatic rings. The summed E-state index contributed by atoms with van der Waals surface area (Å²) in [5.41, 5.74) is 1.36. The molecule has 0 unspecified atom stereocenters. The number of ether oxygens (including phenoxy) is 2. The number of benzene rings is 3. The van der Waals surface area contributed by atoms with Gasteiger partial charge in [-0.1, -0.05) is 12.1 Å². The molecule has 190 valence electrons. The van der Waals surface area contributed by atoms with Gasteiger partial charge in [0.1, 0.15) is 23.4 Å². The molecule has 10 nitrogen and oxygen atoms in total. The third-order valence-corrected chi connectivity index (χ3v) is 5.99. The largest absolute Gasteiger partial charge is 0.508 e. The number of esters is 1. The van der Waals surface area contributed by atoms with Crippen molar-refractivity contribution in [1.82, 2.24) is 0 Å². The summed E-state index contributed by atoms with van der Waals surface area (Å²) in [5.74, 6) is -2.28. The van der Waals surface area contributed by atoms with Crippen LogP contribution in [0.4, 0.5) is 0 Å². The average Bonchev–Trinajstić information content (AvgIpc) is 2.81. The minimum Gasteiger partial charge on any atom is -0.508 e. The quantitative estimate of drug-likeness (QED) is 0.189. The molecule has 7 N–H and O–H groups in total. The van der Waals surface area contributed by atoms with Crippen LogP contribution in [-0.4, -0.2) is 53.9 Å². The summed E-state index contributed by atoms with van der Waals surface area (Å²) >= 11 is 0. The zero-order valence-corrected chi connectivity index (χ0v) is 19.0. The Morgan fingerprint density at radius 2 is 1.58 bits per heavy atom. The first-order valence-electron chi connectivity index (χ1n) is 11.2. The lowest BCUT2D eigenvalue weighted by Crippen LogP contribution is -2.35. The van der Waals surface area contributed by atoms with Crippen LogP contribution < -0.4 is 4.74 Å². The topological polar surface area (TPSA) is 177 Å². The normalized spacial score (nSPS) is 17.6. The first-order valence-corrected chi connectivity index (χ1v) is 11.2.